The van der Waals surface area contributed by atoms with E-state index in [2.05, 4.69) is 11.9 Å². The minimum atomic E-state index is -1.82. The monoisotopic (exact) mass is 485 g/mol. The number of carbonyl (C=O) groups is 1. The number of fused-ring (bicyclic) bond motifs is 1. The molecule has 5 heteroatoms. The molecule has 3 unspecified atom stereocenters. The van der Waals surface area contributed by atoms with Crippen molar-refractivity contribution in [2.75, 3.05) is 26.8 Å². The molecule has 2 fully saturated rings. The van der Waals surface area contributed by atoms with Crippen molar-refractivity contribution in [3.05, 3.63) is 102 Å². The summed E-state index contributed by atoms with van der Waals surface area (Å²) in [5.74, 6) is 0.844. The number of esters is 1. The Morgan fingerprint density at radius 3 is 2.08 bits per heavy atom. The summed E-state index contributed by atoms with van der Waals surface area (Å²) in [7, 11) is 2.19. The summed E-state index contributed by atoms with van der Waals surface area (Å²) in [6.07, 6.45) is 4.23. The minimum Gasteiger partial charge on any atom is -0.494 e. The second-order valence-corrected chi connectivity index (χ2v) is 10.3. The third-order valence-electron chi connectivity index (χ3n) is 8.22. The van der Waals surface area contributed by atoms with E-state index in [4.69, 9.17) is 9.47 Å². The first kappa shape index (κ1) is 24.5. The number of rotatable bonds is 11. The highest BCUT2D eigenvalue weighted by Gasteiger charge is 2.61. The van der Waals surface area contributed by atoms with Crippen molar-refractivity contribution in [2.24, 2.45) is 11.3 Å². The first-order valence-corrected chi connectivity index (χ1v) is 12.9. The molecule has 3 aromatic rings. The Morgan fingerprint density at radius 1 is 0.972 bits per heavy atom. The highest BCUT2D eigenvalue weighted by atomic mass is 16.6. The van der Waals surface area contributed by atoms with E-state index in [0.29, 0.717) is 36.3 Å². The second kappa shape index (κ2) is 10.5. The summed E-state index contributed by atoms with van der Waals surface area (Å²) in [4.78, 5) is 15.8. The molecular weight excluding hydrogens is 450 g/mol. The fourth-order valence-electron chi connectivity index (χ4n) is 5.93. The van der Waals surface area contributed by atoms with E-state index in [-0.39, 0.29) is 5.41 Å². The van der Waals surface area contributed by atoms with Crippen LogP contribution in [0, 0.1) is 11.3 Å². The van der Waals surface area contributed by atoms with E-state index < -0.39 is 11.6 Å². The van der Waals surface area contributed by atoms with Gasteiger partial charge in [-0.15, -0.1) is 0 Å². The van der Waals surface area contributed by atoms with E-state index in [1.54, 1.807) is 24.3 Å². The van der Waals surface area contributed by atoms with Gasteiger partial charge in [0, 0.05) is 18.0 Å². The lowest BCUT2D eigenvalue weighted by atomic mass is 9.45. The zero-order valence-electron chi connectivity index (χ0n) is 20.9. The molecule has 0 aliphatic heterocycles. The molecule has 0 saturated heterocycles. The van der Waals surface area contributed by atoms with Crippen molar-refractivity contribution in [1.29, 1.82) is 0 Å². The third kappa shape index (κ3) is 4.65. The molecule has 36 heavy (non-hydrogen) atoms. The minimum absolute atomic E-state index is 0.0451. The first-order chi connectivity index (χ1) is 17.5. The Labute approximate surface area is 213 Å². The SMILES string of the molecule is CN(CCCOc1ccccc1)C1CC2(COC(=O)C(O)(c3ccccc3)c3ccccc3)CCC12. The normalized spacial score (nSPS) is 22.8. The Balaban J connectivity index is 1.16. The van der Waals surface area contributed by atoms with Gasteiger partial charge < -0.3 is 19.5 Å². The summed E-state index contributed by atoms with van der Waals surface area (Å²) in [6, 6.07) is 28.6. The topological polar surface area (TPSA) is 59.0 Å². The van der Waals surface area contributed by atoms with Crippen molar-refractivity contribution in [3.8, 4) is 5.75 Å². The van der Waals surface area contributed by atoms with Crippen LogP contribution in [0.2, 0.25) is 0 Å². The average molecular weight is 486 g/mol. The molecule has 0 heterocycles. The predicted molar refractivity (Wildman–Crippen MR) is 140 cm³/mol. The molecule has 188 valence electrons. The Morgan fingerprint density at radius 2 is 1.56 bits per heavy atom. The van der Waals surface area contributed by atoms with Gasteiger partial charge in [-0.2, -0.15) is 0 Å². The van der Waals surface area contributed by atoms with Gasteiger partial charge in [-0.1, -0.05) is 78.9 Å². The highest BCUT2D eigenvalue weighted by molar-refractivity contribution is 5.85. The van der Waals surface area contributed by atoms with Crippen LogP contribution in [0.5, 0.6) is 5.75 Å². The van der Waals surface area contributed by atoms with E-state index in [0.717, 1.165) is 38.0 Å². The number of para-hydroxylation sites is 1. The molecule has 3 aromatic carbocycles. The summed E-state index contributed by atoms with van der Waals surface area (Å²) >= 11 is 0. The van der Waals surface area contributed by atoms with Crippen LogP contribution >= 0.6 is 0 Å². The van der Waals surface area contributed by atoms with Gasteiger partial charge >= 0.3 is 5.97 Å². The van der Waals surface area contributed by atoms with Gasteiger partial charge in [-0.25, -0.2) is 4.79 Å². The molecule has 0 bridgehead atoms. The van der Waals surface area contributed by atoms with E-state index >= 15 is 0 Å². The standard InChI is InChI=1S/C31H35NO4/c1-32(20-11-21-35-26-16-9-4-10-17-26)28-22-30(19-18-27(28)30)23-36-29(33)31(34,24-12-5-2-6-13-24)25-14-7-3-8-15-25/h2-10,12-17,27-28,34H,11,18-23H2,1H3. The maximum absolute atomic E-state index is 13.4. The van der Waals surface area contributed by atoms with Crippen LogP contribution in [0.1, 0.15) is 36.8 Å². The van der Waals surface area contributed by atoms with Crippen molar-refractivity contribution in [3.63, 3.8) is 0 Å². The summed E-state index contributed by atoms with van der Waals surface area (Å²) in [5, 5.41) is 11.6. The van der Waals surface area contributed by atoms with Crippen LogP contribution in [0.25, 0.3) is 0 Å². The number of benzene rings is 3. The van der Waals surface area contributed by atoms with Crippen molar-refractivity contribution >= 4 is 5.97 Å². The molecule has 2 aliphatic rings. The van der Waals surface area contributed by atoms with E-state index in [1.807, 2.05) is 66.7 Å². The number of ether oxygens (including phenoxy) is 2. The number of hydrogen-bond acceptors (Lipinski definition) is 5. The largest absolute Gasteiger partial charge is 0.494 e. The van der Waals surface area contributed by atoms with Crippen LogP contribution in [-0.2, 0) is 15.1 Å². The molecule has 5 rings (SSSR count). The van der Waals surface area contributed by atoms with Crippen molar-refractivity contribution in [1.82, 2.24) is 4.90 Å². The number of hydrogen-bond donors (Lipinski definition) is 1. The Bertz CT molecular complexity index is 1100. The number of carbonyl (C=O) groups excluding carboxylic acids is 1. The van der Waals surface area contributed by atoms with Crippen LogP contribution in [0.4, 0.5) is 0 Å². The summed E-state index contributed by atoms with van der Waals surface area (Å²) in [5.41, 5.74) is -0.735. The zero-order chi connectivity index (χ0) is 25.0. The van der Waals surface area contributed by atoms with Gasteiger partial charge in [0.05, 0.1) is 13.2 Å². The van der Waals surface area contributed by atoms with Crippen LogP contribution in [0.15, 0.2) is 91.0 Å². The summed E-state index contributed by atoms with van der Waals surface area (Å²) in [6.45, 7) is 2.04. The zero-order valence-corrected chi connectivity index (χ0v) is 20.9. The Kier molecular flexibility index (Phi) is 7.13. The van der Waals surface area contributed by atoms with Gasteiger partial charge in [0.1, 0.15) is 5.75 Å². The molecule has 2 aliphatic carbocycles. The van der Waals surface area contributed by atoms with Gasteiger partial charge in [0.15, 0.2) is 0 Å². The molecule has 3 atom stereocenters. The lowest BCUT2D eigenvalue weighted by Gasteiger charge is -2.65. The second-order valence-electron chi connectivity index (χ2n) is 10.3. The molecule has 1 N–H and O–H groups in total. The van der Waals surface area contributed by atoms with Crippen LogP contribution < -0.4 is 4.74 Å². The summed E-state index contributed by atoms with van der Waals surface area (Å²) < 4.78 is 11.7. The van der Waals surface area contributed by atoms with Gasteiger partial charge in [-0.3, -0.25) is 0 Å². The van der Waals surface area contributed by atoms with Crippen molar-refractivity contribution in [2.45, 2.75) is 37.3 Å². The molecule has 0 amide bonds. The van der Waals surface area contributed by atoms with Crippen LogP contribution in [0.3, 0.4) is 0 Å². The number of aliphatic hydroxyl groups is 1. The molecule has 0 aromatic heterocycles. The molecule has 0 radical (unpaired) electrons. The van der Waals surface area contributed by atoms with Gasteiger partial charge in [-0.05, 0) is 61.9 Å². The molecular formula is C31H35NO4. The van der Waals surface area contributed by atoms with E-state index in [1.165, 1.54) is 0 Å². The fraction of sp³-hybridized carbons (Fsp3) is 0.387. The van der Waals surface area contributed by atoms with E-state index in [9.17, 15) is 9.90 Å². The third-order valence-corrected chi connectivity index (χ3v) is 8.22. The maximum Gasteiger partial charge on any atom is 0.347 e. The van der Waals surface area contributed by atoms with Gasteiger partial charge in [0.2, 0.25) is 5.60 Å². The molecule has 5 nitrogen and oxygen atoms in total. The molecule has 2 saturated carbocycles. The van der Waals surface area contributed by atoms with Crippen molar-refractivity contribution < 1.29 is 19.4 Å². The number of nitrogens with zero attached hydrogens (tertiary/aromatic N) is 1. The smallest absolute Gasteiger partial charge is 0.347 e. The highest BCUT2D eigenvalue weighted by Crippen LogP contribution is 2.62. The maximum atomic E-state index is 13.4. The first-order valence-electron chi connectivity index (χ1n) is 12.9. The predicted octanol–water partition coefficient (Wildman–Crippen LogP) is 5.04. The average Bonchev–Trinajstić information content (AvgIpc) is 2.92. The van der Waals surface area contributed by atoms with Gasteiger partial charge in [0.25, 0.3) is 0 Å². The van der Waals surface area contributed by atoms with Crippen LogP contribution in [-0.4, -0.2) is 48.8 Å². The lowest BCUT2D eigenvalue weighted by molar-refractivity contribution is -0.198. The lowest BCUT2D eigenvalue weighted by Crippen LogP contribution is -2.66. The molecule has 0 spiro atoms. The quantitative estimate of drug-likeness (QED) is 0.305. The fourth-order valence-corrected chi connectivity index (χ4v) is 5.93. The Hall–Kier alpha value is -3.15.